The van der Waals surface area contributed by atoms with Gasteiger partial charge in [-0.3, -0.25) is 14.6 Å². The normalized spacial score (nSPS) is 16.2. The second kappa shape index (κ2) is 9.96. The minimum absolute atomic E-state index is 0.130. The molecule has 2 aromatic carbocycles. The van der Waals surface area contributed by atoms with Crippen LogP contribution in [0.15, 0.2) is 42.5 Å². The van der Waals surface area contributed by atoms with Crippen molar-refractivity contribution in [2.75, 3.05) is 54.5 Å². The summed E-state index contributed by atoms with van der Waals surface area (Å²) in [4.78, 5) is 19.4. The number of likely N-dealkylation sites (N-methyl/N-ethyl adjacent to an activating group) is 1. The summed E-state index contributed by atoms with van der Waals surface area (Å²) < 4.78 is 10.9. The molecule has 162 valence electrons. The molecule has 0 saturated carbocycles. The zero-order valence-corrected chi connectivity index (χ0v) is 18.7. The van der Waals surface area contributed by atoms with Crippen LogP contribution in [-0.4, -0.2) is 75.1 Å². The molecular weight excluding hydrogens is 378 g/mol. The smallest absolute Gasteiger partial charge is 0.244 e. The van der Waals surface area contributed by atoms with Crippen LogP contribution in [0.5, 0.6) is 11.5 Å². The maximum Gasteiger partial charge on any atom is 0.244 e. The van der Waals surface area contributed by atoms with Crippen molar-refractivity contribution in [3.8, 4) is 11.5 Å². The first-order valence-corrected chi connectivity index (χ1v) is 10.4. The number of carbonyl (C=O) groups excluding carboxylic acids is 1. The lowest BCUT2D eigenvalue weighted by Gasteiger charge is -2.39. The molecule has 1 heterocycles. The van der Waals surface area contributed by atoms with Gasteiger partial charge < -0.3 is 14.4 Å². The van der Waals surface area contributed by atoms with Gasteiger partial charge in [-0.2, -0.15) is 0 Å². The molecule has 0 N–H and O–H groups in total. The van der Waals surface area contributed by atoms with Crippen LogP contribution in [0.1, 0.15) is 22.7 Å². The molecule has 30 heavy (non-hydrogen) atoms. The average molecular weight is 412 g/mol. The van der Waals surface area contributed by atoms with Crippen LogP contribution >= 0.6 is 0 Å². The number of aryl methyl sites for hydroxylation is 1. The number of methoxy groups -OCH3 is 2. The predicted octanol–water partition coefficient (Wildman–Crippen LogP) is 2.96. The average Bonchev–Trinajstić information content (AvgIpc) is 2.76. The van der Waals surface area contributed by atoms with Gasteiger partial charge in [0, 0.05) is 46.8 Å². The first-order chi connectivity index (χ1) is 14.4. The highest BCUT2D eigenvalue weighted by Crippen LogP contribution is 2.31. The fraction of sp³-hybridized carbons (Fsp3) is 0.458. The van der Waals surface area contributed by atoms with Gasteiger partial charge >= 0.3 is 0 Å². The summed E-state index contributed by atoms with van der Waals surface area (Å²) in [5.41, 5.74) is 3.49. The van der Waals surface area contributed by atoms with Crippen molar-refractivity contribution in [2.45, 2.75) is 19.5 Å². The van der Waals surface area contributed by atoms with E-state index in [2.05, 4.69) is 22.8 Å². The summed E-state index contributed by atoms with van der Waals surface area (Å²) in [7, 11) is 6.98. The van der Waals surface area contributed by atoms with E-state index >= 15 is 0 Å². The topological polar surface area (TPSA) is 45.2 Å². The molecule has 0 aromatic heterocycles. The number of ether oxygens (including phenoxy) is 2. The first kappa shape index (κ1) is 22.1. The Bertz CT molecular complexity index is 846. The van der Waals surface area contributed by atoms with Crippen molar-refractivity contribution in [3.63, 3.8) is 0 Å². The Balaban J connectivity index is 1.70. The molecule has 3 rings (SSSR count). The molecule has 1 amide bonds. The summed E-state index contributed by atoms with van der Waals surface area (Å²) in [6.07, 6.45) is 0. The number of hydrogen-bond donors (Lipinski definition) is 0. The van der Waals surface area contributed by atoms with E-state index in [1.807, 2.05) is 50.5 Å². The standard InChI is InChI=1S/C24H33N3O3/c1-18-15-21(29-4)22(30-5)16-20(18)17-26-11-13-27(14-12-26)23(24(28)25(2)3)19-9-7-6-8-10-19/h6-10,15-16,23H,11-14,17H2,1-5H3/t23-/m1/s1. The third kappa shape index (κ3) is 4.94. The van der Waals surface area contributed by atoms with Crippen molar-refractivity contribution in [3.05, 3.63) is 59.2 Å². The van der Waals surface area contributed by atoms with Gasteiger partial charge in [-0.25, -0.2) is 0 Å². The van der Waals surface area contributed by atoms with Crippen molar-refractivity contribution in [1.29, 1.82) is 0 Å². The van der Waals surface area contributed by atoms with E-state index in [1.165, 1.54) is 11.1 Å². The molecule has 1 fully saturated rings. The van der Waals surface area contributed by atoms with Gasteiger partial charge in [-0.1, -0.05) is 30.3 Å². The lowest BCUT2D eigenvalue weighted by atomic mass is 10.0. The third-order valence-electron chi connectivity index (χ3n) is 5.80. The van der Waals surface area contributed by atoms with E-state index < -0.39 is 0 Å². The SMILES string of the molecule is COc1cc(C)c(CN2CCN([C@@H](C(=O)N(C)C)c3ccccc3)CC2)cc1OC. The molecule has 6 heteroatoms. The molecule has 0 spiro atoms. The number of benzene rings is 2. The second-order valence-corrected chi connectivity index (χ2v) is 7.99. The Labute approximate surface area is 180 Å². The largest absolute Gasteiger partial charge is 0.493 e. The quantitative estimate of drug-likeness (QED) is 0.701. The highest BCUT2D eigenvalue weighted by Gasteiger charge is 2.31. The van der Waals surface area contributed by atoms with E-state index in [9.17, 15) is 4.79 Å². The monoisotopic (exact) mass is 411 g/mol. The van der Waals surface area contributed by atoms with E-state index in [-0.39, 0.29) is 11.9 Å². The van der Waals surface area contributed by atoms with Crippen LogP contribution < -0.4 is 9.47 Å². The van der Waals surface area contributed by atoms with Crippen molar-refractivity contribution < 1.29 is 14.3 Å². The van der Waals surface area contributed by atoms with E-state index in [0.29, 0.717) is 0 Å². The van der Waals surface area contributed by atoms with Gasteiger partial charge in [0.15, 0.2) is 11.5 Å². The van der Waals surface area contributed by atoms with Crippen LogP contribution in [0.3, 0.4) is 0 Å². The minimum atomic E-state index is -0.230. The Morgan fingerprint density at radius 3 is 2.17 bits per heavy atom. The first-order valence-electron chi connectivity index (χ1n) is 10.4. The Kier molecular flexibility index (Phi) is 7.34. The number of amides is 1. The number of nitrogens with zero attached hydrogens (tertiary/aromatic N) is 3. The van der Waals surface area contributed by atoms with Crippen LogP contribution in [0.2, 0.25) is 0 Å². The van der Waals surface area contributed by atoms with E-state index in [1.54, 1.807) is 19.1 Å². The van der Waals surface area contributed by atoms with Crippen LogP contribution in [0.25, 0.3) is 0 Å². The summed E-state index contributed by atoms with van der Waals surface area (Å²) in [6.45, 7) is 6.50. The summed E-state index contributed by atoms with van der Waals surface area (Å²) in [5, 5.41) is 0. The van der Waals surface area contributed by atoms with Crippen molar-refractivity contribution in [1.82, 2.24) is 14.7 Å². The van der Waals surface area contributed by atoms with Gasteiger partial charge in [0.1, 0.15) is 6.04 Å². The highest BCUT2D eigenvalue weighted by atomic mass is 16.5. The summed E-state index contributed by atoms with van der Waals surface area (Å²) in [5.74, 6) is 1.65. The molecule has 1 aliphatic heterocycles. The van der Waals surface area contributed by atoms with Gasteiger partial charge in [0.2, 0.25) is 5.91 Å². The van der Waals surface area contributed by atoms with Gasteiger partial charge in [-0.05, 0) is 35.7 Å². The van der Waals surface area contributed by atoms with Gasteiger partial charge in [-0.15, -0.1) is 0 Å². The second-order valence-electron chi connectivity index (χ2n) is 7.99. The van der Waals surface area contributed by atoms with Crippen LogP contribution in [0.4, 0.5) is 0 Å². The molecule has 2 aromatic rings. The Hall–Kier alpha value is -2.57. The number of hydrogen-bond acceptors (Lipinski definition) is 5. The number of carbonyl (C=O) groups is 1. The molecule has 0 radical (unpaired) electrons. The van der Waals surface area contributed by atoms with Crippen molar-refractivity contribution >= 4 is 5.91 Å². The van der Waals surface area contributed by atoms with E-state index in [4.69, 9.17) is 9.47 Å². The Morgan fingerprint density at radius 1 is 1.00 bits per heavy atom. The minimum Gasteiger partial charge on any atom is -0.493 e. The molecule has 0 unspecified atom stereocenters. The molecule has 0 bridgehead atoms. The van der Waals surface area contributed by atoms with Crippen molar-refractivity contribution in [2.24, 2.45) is 0 Å². The van der Waals surface area contributed by atoms with Gasteiger partial charge in [0.05, 0.1) is 14.2 Å². The number of rotatable bonds is 7. The fourth-order valence-electron chi connectivity index (χ4n) is 4.00. The zero-order chi connectivity index (χ0) is 21.7. The lowest BCUT2D eigenvalue weighted by Crippen LogP contribution is -2.50. The summed E-state index contributed by atoms with van der Waals surface area (Å²) >= 11 is 0. The maximum atomic E-state index is 12.9. The maximum absolute atomic E-state index is 12.9. The molecule has 1 saturated heterocycles. The molecule has 1 atom stereocenters. The fourth-order valence-corrected chi connectivity index (χ4v) is 4.00. The van der Waals surface area contributed by atoms with Crippen LogP contribution in [0, 0.1) is 6.92 Å². The van der Waals surface area contributed by atoms with Crippen LogP contribution in [-0.2, 0) is 11.3 Å². The number of piperazine rings is 1. The molecule has 1 aliphatic rings. The molecule has 6 nitrogen and oxygen atoms in total. The highest BCUT2D eigenvalue weighted by molar-refractivity contribution is 5.82. The summed E-state index contributed by atoms with van der Waals surface area (Å²) in [6, 6.07) is 14.0. The van der Waals surface area contributed by atoms with Gasteiger partial charge in [0.25, 0.3) is 0 Å². The lowest BCUT2D eigenvalue weighted by molar-refractivity contribution is -0.135. The predicted molar refractivity (Wildman–Crippen MR) is 119 cm³/mol. The molecule has 0 aliphatic carbocycles. The zero-order valence-electron chi connectivity index (χ0n) is 18.7. The third-order valence-corrected chi connectivity index (χ3v) is 5.80. The van der Waals surface area contributed by atoms with E-state index in [0.717, 1.165) is 49.8 Å². The Morgan fingerprint density at radius 2 is 1.60 bits per heavy atom. The molecular formula is C24H33N3O3.